The smallest absolute Gasteiger partial charge is 0.350 e. The number of hydrogen-bond donors (Lipinski definition) is 2. The molecule has 6 heteroatoms. The highest BCUT2D eigenvalue weighted by Gasteiger charge is 2.08. The molecule has 0 spiro atoms. The summed E-state index contributed by atoms with van der Waals surface area (Å²) in [6.07, 6.45) is 1.27. The molecule has 1 rings (SSSR count). The van der Waals surface area contributed by atoms with Gasteiger partial charge in [-0.25, -0.2) is 4.79 Å². The molecule has 21 heavy (non-hydrogen) atoms. The van der Waals surface area contributed by atoms with Crippen LogP contribution in [-0.4, -0.2) is 19.0 Å². The molecule has 1 aromatic rings. The van der Waals surface area contributed by atoms with Crippen molar-refractivity contribution >= 4 is 23.3 Å². The predicted octanol–water partition coefficient (Wildman–Crippen LogP) is 2.27. The molecule has 1 aromatic carbocycles. The SMILES string of the molecule is COC(=O)/C(C#N)=C/Nc1ccc(NC(=O)C(C)C)cc1. The second-order valence-electron chi connectivity index (χ2n) is 4.53. The number of benzene rings is 1. The van der Waals surface area contributed by atoms with E-state index in [0.29, 0.717) is 11.4 Å². The molecule has 110 valence electrons. The molecule has 0 radical (unpaired) electrons. The molecule has 0 saturated heterocycles. The Morgan fingerprint density at radius 2 is 1.81 bits per heavy atom. The van der Waals surface area contributed by atoms with Crippen LogP contribution in [0.1, 0.15) is 13.8 Å². The third kappa shape index (κ3) is 4.99. The predicted molar refractivity (Wildman–Crippen MR) is 79.2 cm³/mol. The number of ether oxygens (including phenoxy) is 1. The van der Waals surface area contributed by atoms with Gasteiger partial charge in [-0.3, -0.25) is 4.79 Å². The lowest BCUT2D eigenvalue weighted by atomic mass is 10.2. The van der Waals surface area contributed by atoms with Crippen LogP contribution in [0.3, 0.4) is 0 Å². The summed E-state index contributed by atoms with van der Waals surface area (Å²) in [6.45, 7) is 3.62. The van der Waals surface area contributed by atoms with Crippen molar-refractivity contribution in [1.82, 2.24) is 0 Å². The summed E-state index contributed by atoms with van der Waals surface area (Å²) in [4.78, 5) is 22.7. The first-order valence-corrected chi connectivity index (χ1v) is 6.34. The molecular formula is C15H17N3O3. The highest BCUT2D eigenvalue weighted by Crippen LogP contribution is 2.14. The van der Waals surface area contributed by atoms with Crippen LogP contribution in [0.4, 0.5) is 11.4 Å². The maximum absolute atomic E-state index is 11.5. The van der Waals surface area contributed by atoms with E-state index in [0.717, 1.165) is 0 Å². The van der Waals surface area contributed by atoms with Crippen LogP contribution < -0.4 is 10.6 Å². The lowest BCUT2D eigenvalue weighted by molar-refractivity contribution is -0.135. The van der Waals surface area contributed by atoms with Crippen molar-refractivity contribution in [3.05, 3.63) is 36.0 Å². The lowest BCUT2D eigenvalue weighted by Gasteiger charge is -2.08. The van der Waals surface area contributed by atoms with Gasteiger partial charge in [0.25, 0.3) is 0 Å². The summed E-state index contributed by atoms with van der Waals surface area (Å²) in [5.74, 6) is -0.858. The Kier molecular flexibility index (Phi) is 5.96. The molecule has 0 atom stereocenters. The number of anilines is 2. The number of nitrogens with one attached hydrogen (secondary N) is 2. The average Bonchev–Trinajstić information content (AvgIpc) is 2.48. The lowest BCUT2D eigenvalue weighted by Crippen LogP contribution is -2.17. The zero-order valence-corrected chi connectivity index (χ0v) is 12.1. The van der Waals surface area contributed by atoms with Crippen molar-refractivity contribution in [2.75, 3.05) is 17.7 Å². The maximum Gasteiger partial charge on any atom is 0.350 e. The van der Waals surface area contributed by atoms with E-state index in [2.05, 4.69) is 15.4 Å². The van der Waals surface area contributed by atoms with E-state index in [-0.39, 0.29) is 17.4 Å². The molecule has 0 fully saturated rings. The number of nitriles is 1. The molecule has 0 aromatic heterocycles. The maximum atomic E-state index is 11.5. The van der Waals surface area contributed by atoms with Crippen molar-refractivity contribution in [3.8, 4) is 6.07 Å². The first-order chi connectivity index (χ1) is 9.97. The Balaban J connectivity index is 2.71. The van der Waals surface area contributed by atoms with Crippen molar-refractivity contribution in [2.45, 2.75) is 13.8 Å². The minimum absolute atomic E-state index is 0.0620. The number of hydrogen-bond acceptors (Lipinski definition) is 5. The Bertz CT molecular complexity index is 583. The molecule has 0 unspecified atom stereocenters. The normalized spacial score (nSPS) is 10.7. The summed E-state index contributed by atoms with van der Waals surface area (Å²) >= 11 is 0. The molecule has 0 aliphatic heterocycles. The van der Waals surface area contributed by atoms with Gasteiger partial charge in [0.15, 0.2) is 5.57 Å². The van der Waals surface area contributed by atoms with Crippen LogP contribution in [-0.2, 0) is 14.3 Å². The molecule has 6 nitrogen and oxygen atoms in total. The van der Waals surface area contributed by atoms with Gasteiger partial charge in [-0.2, -0.15) is 5.26 Å². The second kappa shape index (κ2) is 7.70. The number of carbonyl (C=O) groups excluding carboxylic acids is 2. The number of amides is 1. The van der Waals surface area contributed by atoms with Gasteiger partial charge in [0.1, 0.15) is 6.07 Å². The summed E-state index contributed by atoms with van der Waals surface area (Å²) in [5.41, 5.74) is 1.22. The average molecular weight is 287 g/mol. The monoisotopic (exact) mass is 287 g/mol. The van der Waals surface area contributed by atoms with E-state index >= 15 is 0 Å². The number of nitrogens with zero attached hydrogens (tertiary/aromatic N) is 1. The highest BCUT2D eigenvalue weighted by molar-refractivity contribution is 5.93. The minimum Gasteiger partial charge on any atom is -0.465 e. The van der Waals surface area contributed by atoms with Gasteiger partial charge in [-0.15, -0.1) is 0 Å². The zero-order chi connectivity index (χ0) is 15.8. The first-order valence-electron chi connectivity index (χ1n) is 6.34. The van der Waals surface area contributed by atoms with Crippen LogP contribution in [0, 0.1) is 17.2 Å². The summed E-state index contributed by atoms with van der Waals surface area (Å²) in [6, 6.07) is 8.63. The quantitative estimate of drug-likeness (QED) is 0.492. The van der Waals surface area contributed by atoms with Gasteiger partial charge in [0, 0.05) is 23.5 Å². The molecule has 0 saturated carbocycles. The fourth-order valence-electron chi connectivity index (χ4n) is 1.34. The van der Waals surface area contributed by atoms with E-state index in [1.165, 1.54) is 13.3 Å². The van der Waals surface area contributed by atoms with E-state index in [4.69, 9.17) is 5.26 Å². The standard InChI is InChI=1S/C15H17N3O3/c1-10(2)14(19)18-13-6-4-12(5-7-13)17-9-11(8-16)15(20)21-3/h4-7,9-10,17H,1-3H3,(H,18,19)/b11-9+. The molecule has 0 heterocycles. The Labute approximate surface area is 123 Å². The Hall–Kier alpha value is -2.81. The molecule has 2 N–H and O–H groups in total. The number of rotatable bonds is 5. The first kappa shape index (κ1) is 16.2. The van der Waals surface area contributed by atoms with E-state index in [1.807, 2.05) is 13.8 Å². The van der Waals surface area contributed by atoms with E-state index < -0.39 is 5.97 Å². The zero-order valence-electron chi connectivity index (χ0n) is 12.1. The summed E-state index contributed by atoms with van der Waals surface area (Å²) in [7, 11) is 1.21. The third-order valence-corrected chi connectivity index (χ3v) is 2.59. The summed E-state index contributed by atoms with van der Waals surface area (Å²) < 4.78 is 4.46. The van der Waals surface area contributed by atoms with Crippen LogP contribution in [0.25, 0.3) is 0 Å². The van der Waals surface area contributed by atoms with Crippen LogP contribution in [0.5, 0.6) is 0 Å². The number of carbonyl (C=O) groups is 2. The minimum atomic E-state index is -0.703. The Morgan fingerprint density at radius 1 is 1.24 bits per heavy atom. The molecule has 0 bridgehead atoms. The highest BCUT2D eigenvalue weighted by atomic mass is 16.5. The molecular weight excluding hydrogens is 270 g/mol. The number of methoxy groups -OCH3 is 1. The Morgan fingerprint density at radius 3 is 2.29 bits per heavy atom. The largest absolute Gasteiger partial charge is 0.465 e. The van der Waals surface area contributed by atoms with Gasteiger partial charge in [0.05, 0.1) is 7.11 Å². The van der Waals surface area contributed by atoms with Crippen LogP contribution in [0.15, 0.2) is 36.0 Å². The second-order valence-corrected chi connectivity index (χ2v) is 4.53. The fourth-order valence-corrected chi connectivity index (χ4v) is 1.34. The van der Waals surface area contributed by atoms with Crippen LogP contribution >= 0.6 is 0 Å². The van der Waals surface area contributed by atoms with Crippen molar-refractivity contribution < 1.29 is 14.3 Å². The van der Waals surface area contributed by atoms with Gasteiger partial charge in [-0.1, -0.05) is 13.8 Å². The molecule has 1 amide bonds. The van der Waals surface area contributed by atoms with E-state index in [9.17, 15) is 9.59 Å². The van der Waals surface area contributed by atoms with Crippen molar-refractivity contribution in [2.24, 2.45) is 5.92 Å². The van der Waals surface area contributed by atoms with Gasteiger partial charge in [0.2, 0.25) is 5.91 Å². The fraction of sp³-hybridized carbons (Fsp3) is 0.267. The number of esters is 1. The van der Waals surface area contributed by atoms with Gasteiger partial charge < -0.3 is 15.4 Å². The van der Waals surface area contributed by atoms with Crippen LogP contribution in [0.2, 0.25) is 0 Å². The molecule has 0 aliphatic rings. The topological polar surface area (TPSA) is 91.2 Å². The van der Waals surface area contributed by atoms with Gasteiger partial charge in [-0.05, 0) is 24.3 Å². The third-order valence-electron chi connectivity index (χ3n) is 2.59. The van der Waals surface area contributed by atoms with Crippen molar-refractivity contribution in [1.29, 1.82) is 5.26 Å². The van der Waals surface area contributed by atoms with Crippen molar-refractivity contribution in [3.63, 3.8) is 0 Å². The molecule has 0 aliphatic carbocycles. The van der Waals surface area contributed by atoms with Gasteiger partial charge >= 0.3 is 5.97 Å². The van der Waals surface area contributed by atoms with E-state index in [1.54, 1.807) is 30.3 Å². The summed E-state index contributed by atoms with van der Waals surface area (Å²) in [5, 5.41) is 14.4.